The van der Waals surface area contributed by atoms with E-state index in [9.17, 15) is 4.79 Å². The monoisotopic (exact) mass is 396 g/mol. The molecule has 3 heterocycles. The molecule has 0 unspecified atom stereocenters. The van der Waals surface area contributed by atoms with Gasteiger partial charge in [0, 0.05) is 17.8 Å². The number of carbonyl (C=O) groups excluding carboxylic acids is 1. The van der Waals surface area contributed by atoms with E-state index in [1.54, 1.807) is 11.3 Å². The number of thiophene rings is 1. The number of benzene rings is 1. The molecule has 1 aromatic carbocycles. The highest BCUT2D eigenvalue weighted by Crippen LogP contribution is 2.42. The third-order valence-corrected chi connectivity index (χ3v) is 6.91. The molecule has 7 heteroatoms. The quantitative estimate of drug-likeness (QED) is 0.600. The van der Waals surface area contributed by atoms with Crippen LogP contribution in [0.3, 0.4) is 0 Å². The van der Waals surface area contributed by atoms with Crippen molar-refractivity contribution in [3.63, 3.8) is 0 Å². The number of nitrogens with zero attached hydrogens (tertiary/aromatic N) is 4. The van der Waals surface area contributed by atoms with Gasteiger partial charge in [0.25, 0.3) is 0 Å². The van der Waals surface area contributed by atoms with Crippen molar-refractivity contribution >= 4 is 34.7 Å². The van der Waals surface area contributed by atoms with Crippen LogP contribution in [-0.2, 0) is 11.2 Å². The molecule has 1 aliphatic carbocycles. The van der Waals surface area contributed by atoms with Crippen molar-refractivity contribution in [3.05, 3.63) is 47.3 Å². The van der Waals surface area contributed by atoms with Crippen molar-refractivity contribution in [1.82, 2.24) is 14.8 Å². The average Bonchev–Trinajstić information content (AvgIpc) is 3.09. The number of amides is 1. The van der Waals surface area contributed by atoms with Crippen LogP contribution in [0.15, 0.2) is 46.9 Å². The first kappa shape index (κ1) is 17.0. The van der Waals surface area contributed by atoms with E-state index in [0.29, 0.717) is 11.8 Å². The molecule has 0 bridgehead atoms. The Balaban J connectivity index is 1.36. The van der Waals surface area contributed by atoms with Crippen molar-refractivity contribution in [3.8, 4) is 10.7 Å². The third-order valence-electron chi connectivity index (χ3n) is 5.12. The Labute approximate surface area is 166 Å². The molecule has 0 saturated heterocycles. The summed E-state index contributed by atoms with van der Waals surface area (Å²) < 4.78 is 2.23. The van der Waals surface area contributed by atoms with Crippen LogP contribution < -0.4 is 4.90 Å². The van der Waals surface area contributed by atoms with Crippen LogP contribution in [0.5, 0.6) is 0 Å². The molecular weight excluding hydrogens is 376 g/mol. The van der Waals surface area contributed by atoms with Crippen molar-refractivity contribution in [2.45, 2.75) is 43.4 Å². The Morgan fingerprint density at radius 1 is 1.22 bits per heavy atom. The molecule has 2 aromatic heterocycles. The Morgan fingerprint density at radius 2 is 2.07 bits per heavy atom. The molecule has 138 valence electrons. The molecule has 0 radical (unpaired) electrons. The Hall–Kier alpha value is -2.12. The van der Waals surface area contributed by atoms with Gasteiger partial charge in [-0.05, 0) is 49.3 Å². The summed E-state index contributed by atoms with van der Waals surface area (Å²) in [4.78, 5) is 16.1. The van der Waals surface area contributed by atoms with Crippen LogP contribution in [0.4, 0.5) is 5.69 Å². The van der Waals surface area contributed by atoms with Gasteiger partial charge in [-0.15, -0.1) is 21.5 Å². The summed E-state index contributed by atoms with van der Waals surface area (Å²) in [5.41, 5.74) is 2.31. The second-order valence-corrected chi connectivity index (χ2v) is 9.01. The summed E-state index contributed by atoms with van der Waals surface area (Å²) in [7, 11) is 0. The fraction of sp³-hybridized carbons (Fsp3) is 0.350. The lowest BCUT2D eigenvalue weighted by molar-refractivity contribution is -0.116. The number of aromatic nitrogens is 3. The fourth-order valence-electron chi connectivity index (χ4n) is 3.75. The zero-order chi connectivity index (χ0) is 18.4. The molecule has 5 rings (SSSR count). The number of hydrogen-bond donors (Lipinski definition) is 0. The van der Waals surface area contributed by atoms with Gasteiger partial charge in [-0.25, -0.2) is 0 Å². The van der Waals surface area contributed by atoms with E-state index < -0.39 is 0 Å². The lowest BCUT2D eigenvalue weighted by atomic mass is 10.1. The van der Waals surface area contributed by atoms with E-state index in [0.717, 1.165) is 40.8 Å². The molecule has 2 aliphatic rings. The third kappa shape index (κ3) is 3.08. The maximum Gasteiger partial charge on any atom is 0.237 e. The summed E-state index contributed by atoms with van der Waals surface area (Å²) >= 11 is 3.19. The van der Waals surface area contributed by atoms with Crippen molar-refractivity contribution in [1.29, 1.82) is 0 Å². The molecule has 3 aromatic rings. The first-order valence-electron chi connectivity index (χ1n) is 9.24. The minimum atomic E-state index is 0.139. The molecule has 1 amide bonds. The Kier molecular flexibility index (Phi) is 4.28. The van der Waals surface area contributed by atoms with Crippen LogP contribution in [0.25, 0.3) is 10.7 Å². The number of thioether (sulfide) groups is 1. The van der Waals surface area contributed by atoms with Crippen LogP contribution >= 0.6 is 23.1 Å². The van der Waals surface area contributed by atoms with Crippen LogP contribution in [-0.4, -0.2) is 32.5 Å². The largest absolute Gasteiger partial charge is 0.308 e. The van der Waals surface area contributed by atoms with Gasteiger partial charge in [-0.3, -0.25) is 9.36 Å². The number of fused-ring (bicyclic) bond motifs is 1. The smallest absolute Gasteiger partial charge is 0.237 e. The first-order chi connectivity index (χ1) is 13.2. The van der Waals surface area contributed by atoms with Gasteiger partial charge < -0.3 is 4.90 Å². The second kappa shape index (κ2) is 6.80. The zero-order valence-corrected chi connectivity index (χ0v) is 16.7. The topological polar surface area (TPSA) is 51.0 Å². The minimum Gasteiger partial charge on any atom is -0.308 e. The van der Waals surface area contributed by atoms with Gasteiger partial charge in [-0.2, -0.15) is 0 Å². The summed E-state index contributed by atoms with van der Waals surface area (Å²) in [5.74, 6) is 1.45. The zero-order valence-electron chi connectivity index (χ0n) is 15.0. The van der Waals surface area contributed by atoms with Crippen molar-refractivity contribution in [2.75, 3.05) is 10.7 Å². The first-order valence-corrected chi connectivity index (χ1v) is 11.1. The number of hydrogen-bond acceptors (Lipinski definition) is 5. The van der Waals surface area contributed by atoms with E-state index in [4.69, 9.17) is 0 Å². The van der Waals surface area contributed by atoms with Crippen LogP contribution in [0, 0.1) is 0 Å². The maximum atomic E-state index is 13.0. The lowest BCUT2D eigenvalue weighted by Crippen LogP contribution is -2.37. The molecule has 1 aliphatic heterocycles. The number of carbonyl (C=O) groups is 1. The Morgan fingerprint density at radius 3 is 2.85 bits per heavy atom. The van der Waals surface area contributed by atoms with Crippen molar-refractivity contribution in [2.24, 2.45) is 0 Å². The van der Waals surface area contributed by atoms with E-state index in [1.165, 1.54) is 17.3 Å². The van der Waals surface area contributed by atoms with Gasteiger partial charge in [0.1, 0.15) is 0 Å². The predicted octanol–water partition coefficient (Wildman–Crippen LogP) is 4.41. The van der Waals surface area contributed by atoms with Gasteiger partial charge in [0.05, 0.1) is 10.6 Å². The standard InChI is InChI=1S/C20H20N4OS2/c1-13-11-14-5-2-3-6-16(14)23(13)18(25)12-27-20-22-21-19(17-7-4-10-26-17)24(20)15-8-9-15/h2-7,10,13,15H,8-9,11-12H2,1H3/t13-/m0/s1. The maximum absolute atomic E-state index is 13.0. The summed E-state index contributed by atoms with van der Waals surface area (Å²) in [6, 6.07) is 13.0. The van der Waals surface area contributed by atoms with E-state index in [1.807, 2.05) is 29.2 Å². The van der Waals surface area contributed by atoms with Gasteiger partial charge in [0.15, 0.2) is 11.0 Å². The number of rotatable bonds is 5. The average molecular weight is 397 g/mol. The highest BCUT2D eigenvalue weighted by Gasteiger charge is 2.33. The van der Waals surface area contributed by atoms with E-state index in [2.05, 4.69) is 39.2 Å². The fourth-order valence-corrected chi connectivity index (χ4v) is 5.32. The summed E-state index contributed by atoms with van der Waals surface area (Å²) in [6.45, 7) is 2.12. The highest BCUT2D eigenvalue weighted by molar-refractivity contribution is 7.99. The molecule has 5 nitrogen and oxygen atoms in total. The van der Waals surface area contributed by atoms with E-state index >= 15 is 0 Å². The van der Waals surface area contributed by atoms with Gasteiger partial charge >= 0.3 is 0 Å². The second-order valence-electron chi connectivity index (χ2n) is 7.12. The molecular formula is C20H20N4OS2. The van der Waals surface area contributed by atoms with Crippen LogP contribution in [0.1, 0.15) is 31.4 Å². The van der Waals surface area contributed by atoms with Crippen LogP contribution in [0.2, 0.25) is 0 Å². The highest BCUT2D eigenvalue weighted by atomic mass is 32.2. The minimum absolute atomic E-state index is 0.139. The number of anilines is 1. The molecule has 27 heavy (non-hydrogen) atoms. The number of para-hydroxylation sites is 1. The molecule has 1 atom stereocenters. The van der Waals surface area contributed by atoms with Gasteiger partial charge in [-0.1, -0.05) is 36.0 Å². The lowest BCUT2D eigenvalue weighted by Gasteiger charge is -2.22. The normalized spacial score (nSPS) is 18.7. The van der Waals surface area contributed by atoms with E-state index in [-0.39, 0.29) is 11.9 Å². The molecule has 0 N–H and O–H groups in total. The molecule has 0 spiro atoms. The van der Waals surface area contributed by atoms with Crippen molar-refractivity contribution < 1.29 is 4.79 Å². The predicted molar refractivity (Wildman–Crippen MR) is 109 cm³/mol. The van der Waals surface area contributed by atoms with Gasteiger partial charge in [0.2, 0.25) is 5.91 Å². The SMILES string of the molecule is C[C@H]1Cc2ccccc2N1C(=O)CSc1nnc(-c2cccs2)n1C1CC1. The summed E-state index contributed by atoms with van der Waals surface area (Å²) in [6.07, 6.45) is 3.25. The molecule has 1 saturated carbocycles. The molecule has 1 fully saturated rings. The summed E-state index contributed by atoms with van der Waals surface area (Å²) in [5, 5.41) is 11.7. The Bertz CT molecular complexity index is 978.